The maximum absolute atomic E-state index is 11.7. The van der Waals surface area contributed by atoms with Gasteiger partial charge in [-0.15, -0.1) is 10.2 Å². The van der Waals surface area contributed by atoms with Gasteiger partial charge in [0.25, 0.3) is 5.56 Å². The zero-order valence-corrected chi connectivity index (χ0v) is 17.6. The second-order valence-corrected chi connectivity index (χ2v) is 8.42. The van der Waals surface area contributed by atoms with Crippen LogP contribution in [0.15, 0.2) is 75.4 Å². The largest absolute Gasteiger partial charge is 0.325 e. The highest BCUT2D eigenvalue weighted by Gasteiger charge is 2.18. The SMILES string of the molecule is CC(Sc1nnc(Cc2cc(=O)[nH]c(=O)[nH]2)n1-c1ccc(Cl)cc1)c1ccccc1. The van der Waals surface area contributed by atoms with Crippen LogP contribution in [0.1, 0.15) is 29.3 Å². The lowest BCUT2D eigenvalue weighted by Gasteiger charge is -2.14. The number of halogens is 1. The summed E-state index contributed by atoms with van der Waals surface area (Å²) in [6.45, 7) is 2.11. The van der Waals surface area contributed by atoms with Crippen LogP contribution in [0.5, 0.6) is 0 Å². The van der Waals surface area contributed by atoms with Crippen molar-refractivity contribution in [3.05, 3.63) is 104 Å². The Balaban J connectivity index is 1.74. The van der Waals surface area contributed by atoms with Crippen LogP contribution < -0.4 is 11.2 Å². The molecular weight excluding hydrogens is 422 g/mol. The minimum Gasteiger partial charge on any atom is -0.311 e. The van der Waals surface area contributed by atoms with E-state index in [4.69, 9.17) is 11.6 Å². The van der Waals surface area contributed by atoms with E-state index in [2.05, 4.69) is 39.2 Å². The molecule has 2 N–H and O–H groups in total. The quantitative estimate of drug-likeness (QED) is 0.446. The monoisotopic (exact) mass is 439 g/mol. The molecule has 9 heteroatoms. The number of hydrogen-bond donors (Lipinski definition) is 2. The molecule has 0 saturated carbocycles. The van der Waals surface area contributed by atoms with Crippen LogP contribution in [-0.4, -0.2) is 24.7 Å². The third-order valence-corrected chi connectivity index (χ3v) is 5.85. The maximum Gasteiger partial charge on any atom is 0.325 e. The van der Waals surface area contributed by atoms with Crippen LogP contribution in [0.4, 0.5) is 0 Å². The average molecular weight is 440 g/mol. The molecule has 0 saturated heterocycles. The van der Waals surface area contributed by atoms with E-state index in [1.165, 1.54) is 11.6 Å². The summed E-state index contributed by atoms with van der Waals surface area (Å²) < 4.78 is 1.92. The molecule has 2 heterocycles. The lowest BCUT2D eigenvalue weighted by Crippen LogP contribution is -2.23. The fourth-order valence-electron chi connectivity index (χ4n) is 3.08. The Morgan fingerprint density at radius 2 is 1.77 bits per heavy atom. The number of nitrogens with zero attached hydrogens (tertiary/aromatic N) is 3. The number of nitrogens with one attached hydrogen (secondary N) is 2. The molecule has 2 aromatic carbocycles. The van der Waals surface area contributed by atoms with Crippen molar-refractivity contribution in [2.24, 2.45) is 0 Å². The van der Waals surface area contributed by atoms with Gasteiger partial charge in [-0.05, 0) is 36.8 Å². The molecule has 4 rings (SSSR count). The molecule has 0 bridgehead atoms. The smallest absolute Gasteiger partial charge is 0.311 e. The summed E-state index contributed by atoms with van der Waals surface area (Å²) in [7, 11) is 0. The van der Waals surface area contributed by atoms with Crippen LogP contribution >= 0.6 is 23.4 Å². The van der Waals surface area contributed by atoms with Crippen LogP contribution in [-0.2, 0) is 6.42 Å². The lowest BCUT2D eigenvalue weighted by atomic mass is 10.2. The van der Waals surface area contributed by atoms with Crippen molar-refractivity contribution < 1.29 is 0 Å². The molecule has 4 aromatic rings. The van der Waals surface area contributed by atoms with Gasteiger partial charge in [0.15, 0.2) is 5.16 Å². The van der Waals surface area contributed by atoms with Gasteiger partial charge in [-0.1, -0.05) is 53.7 Å². The van der Waals surface area contributed by atoms with Crippen LogP contribution in [0, 0.1) is 0 Å². The van der Waals surface area contributed by atoms with Gasteiger partial charge >= 0.3 is 5.69 Å². The standard InChI is InChI=1S/C21H18ClN5O2S/c1-13(14-5-3-2-4-6-14)30-21-26-25-18(11-16-12-19(28)24-20(29)23-16)27(21)17-9-7-15(22)8-10-17/h2-10,12-13H,11H2,1H3,(H2,23,24,28,29). The van der Waals surface area contributed by atoms with E-state index in [9.17, 15) is 9.59 Å². The number of H-pyrrole nitrogens is 2. The van der Waals surface area contributed by atoms with Gasteiger partial charge in [0, 0.05) is 34.1 Å². The van der Waals surface area contributed by atoms with E-state index < -0.39 is 11.2 Å². The Hall–Kier alpha value is -3.10. The van der Waals surface area contributed by atoms with Gasteiger partial charge in [-0.3, -0.25) is 14.3 Å². The Bertz CT molecular complexity index is 1240. The van der Waals surface area contributed by atoms with Crippen molar-refractivity contribution in [2.75, 3.05) is 0 Å². The van der Waals surface area contributed by atoms with Crippen molar-refractivity contribution in [3.63, 3.8) is 0 Å². The minimum absolute atomic E-state index is 0.147. The highest BCUT2D eigenvalue weighted by atomic mass is 35.5. The third kappa shape index (κ3) is 4.55. The van der Waals surface area contributed by atoms with Gasteiger partial charge in [-0.2, -0.15) is 0 Å². The van der Waals surface area contributed by atoms with E-state index in [0.717, 1.165) is 5.69 Å². The summed E-state index contributed by atoms with van der Waals surface area (Å²) in [4.78, 5) is 28.1. The molecule has 1 unspecified atom stereocenters. The van der Waals surface area contributed by atoms with Gasteiger partial charge in [0.1, 0.15) is 5.82 Å². The van der Waals surface area contributed by atoms with Crippen molar-refractivity contribution >= 4 is 23.4 Å². The normalized spacial score (nSPS) is 12.1. The Kier molecular flexibility index (Phi) is 5.87. The molecule has 0 spiro atoms. The van der Waals surface area contributed by atoms with Crippen LogP contribution in [0.25, 0.3) is 5.69 Å². The summed E-state index contributed by atoms with van der Waals surface area (Å²) in [5.41, 5.74) is 1.46. The van der Waals surface area contributed by atoms with E-state index in [1.807, 2.05) is 34.9 Å². The maximum atomic E-state index is 11.7. The number of hydrogen-bond acceptors (Lipinski definition) is 5. The number of aromatic amines is 2. The Morgan fingerprint density at radius 1 is 1.03 bits per heavy atom. The molecule has 0 fully saturated rings. The first kappa shape index (κ1) is 20.2. The zero-order valence-electron chi connectivity index (χ0n) is 16.0. The summed E-state index contributed by atoms with van der Waals surface area (Å²) in [6, 6.07) is 18.8. The molecule has 1 atom stereocenters. The zero-order chi connectivity index (χ0) is 21.1. The van der Waals surface area contributed by atoms with Crippen molar-refractivity contribution in [1.29, 1.82) is 0 Å². The van der Waals surface area contributed by atoms with Crippen LogP contribution in [0.3, 0.4) is 0 Å². The second kappa shape index (κ2) is 8.73. The van der Waals surface area contributed by atoms with Gasteiger partial charge < -0.3 is 4.98 Å². The summed E-state index contributed by atoms with van der Waals surface area (Å²) in [6.07, 6.45) is 0.245. The fourth-order valence-corrected chi connectivity index (χ4v) is 4.22. The first-order valence-electron chi connectivity index (χ1n) is 9.24. The summed E-state index contributed by atoms with van der Waals surface area (Å²) in [5.74, 6) is 0.598. The van der Waals surface area contributed by atoms with E-state index in [-0.39, 0.29) is 11.7 Å². The first-order chi connectivity index (χ1) is 14.5. The molecule has 30 heavy (non-hydrogen) atoms. The van der Waals surface area contributed by atoms with E-state index >= 15 is 0 Å². The fraction of sp³-hybridized carbons (Fsp3) is 0.143. The summed E-state index contributed by atoms with van der Waals surface area (Å²) >= 11 is 7.63. The number of benzene rings is 2. The summed E-state index contributed by atoms with van der Waals surface area (Å²) in [5, 5.41) is 10.2. The molecule has 2 aromatic heterocycles. The predicted octanol–water partition coefficient (Wildman–Crippen LogP) is 3.74. The molecule has 152 valence electrons. The van der Waals surface area contributed by atoms with Crippen molar-refractivity contribution in [3.8, 4) is 5.69 Å². The van der Waals surface area contributed by atoms with E-state index in [1.54, 1.807) is 23.9 Å². The molecule has 0 aliphatic rings. The molecule has 0 radical (unpaired) electrons. The molecule has 0 aliphatic heterocycles. The van der Waals surface area contributed by atoms with Gasteiger partial charge in [0.2, 0.25) is 0 Å². The highest BCUT2D eigenvalue weighted by Crippen LogP contribution is 2.35. The highest BCUT2D eigenvalue weighted by molar-refractivity contribution is 7.99. The van der Waals surface area contributed by atoms with Gasteiger partial charge in [-0.25, -0.2) is 4.79 Å². The number of aromatic nitrogens is 5. The second-order valence-electron chi connectivity index (χ2n) is 6.67. The Labute approximate surface area is 181 Å². The molecule has 7 nitrogen and oxygen atoms in total. The Morgan fingerprint density at radius 3 is 2.47 bits per heavy atom. The van der Waals surface area contributed by atoms with Gasteiger partial charge in [0.05, 0.1) is 0 Å². The molecule has 0 amide bonds. The number of rotatable bonds is 6. The topological polar surface area (TPSA) is 96.4 Å². The first-order valence-corrected chi connectivity index (χ1v) is 10.5. The van der Waals surface area contributed by atoms with Crippen LogP contribution in [0.2, 0.25) is 5.02 Å². The van der Waals surface area contributed by atoms with E-state index in [0.29, 0.717) is 21.7 Å². The molecule has 0 aliphatic carbocycles. The molecular formula is C21H18ClN5O2S. The third-order valence-electron chi connectivity index (χ3n) is 4.50. The van der Waals surface area contributed by atoms with Crippen molar-refractivity contribution in [1.82, 2.24) is 24.7 Å². The average Bonchev–Trinajstić information content (AvgIpc) is 3.10. The minimum atomic E-state index is -0.553. The number of thioether (sulfide) groups is 1. The lowest BCUT2D eigenvalue weighted by molar-refractivity contribution is 0.827. The van der Waals surface area contributed by atoms with Crippen molar-refractivity contribution in [2.45, 2.75) is 23.8 Å². The predicted molar refractivity (Wildman–Crippen MR) is 118 cm³/mol.